The van der Waals surface area contributed by atoms with E-state index in [0.29, 0.717) is 0 Å². The second-order valence-electron chi connectivity index (χ2n) is 8.17. The van der Waals surface area contributed by atoms with E-state index in [0.717, 1.165) is 28.2 Å². The van der Waals surface area contributed by atoms with Crippen molar-refractivity contribution in [1.29, 1.82) is 0 Å². The van der Waals surface area contributed by atoms with Crippen LogP contribution < -0.4 is 0 Å². The molecule has 0 fully saturated rings. The smallest absolute Gasteiger partial charge is 0.418 e. The molecule has 0 aliphatic heterocycles. The monoisotopic (exact) mass is 606 g/mol. The summed E-state index contributed by atoms with van der Waals surface area (Å²) in [7, 11) is -6.00. The summed E-state index contributed by atoms with van der Waals surface area (Å²) in [5.41, 5.74) is 6.15. The van der Waals surface area contributed by atoms with Gasteiger partial charge in [0.15, 0.2) is 0 Å². The van der Waals surface area contributed by atoms with Crippen molar-refractivity contribution in [1.82, 2.24) is 9.97 Å². The minimum Gasteiger partial charge on any atom is -0.418 e. The molecule has 1 aliphatic carbocycles. The van der Waals surface area contributed by atoms with Crippen LogP contribution in [0.15, 0.2) is 121 Å². The number of halogens is 4. The van der Waals surface area contributed by atoms with Crippen LogP contribution in [0, 0.1) is 0 Å². The molecule has 0 unspecified atom stereocenters. The molecule has 0 amide bonds. The van der Waals surface area contributed by atoms with Crippen LogP contribution in [0.25, 0.3) is 33.8 Å². The van der Waals surface area contributed by atoms with Gasteiger partial charge in [0.05, 0.1) is 17.1 Å². The second kappa shape index (κ2) is 16.5. The van der Waals surface area contributed by atoms with Gasteiger partial charge in [-0.1, -0.05) is 91.0 Å². The number of rotatable bonds is 3. The standard InChI is InChI=1S/C22H16N2.C8H12.BF4.Rh/c1-3-9-17(10-4-1)19-15-21(18-11-5-2-6-12-18)24-22(16-19)20-13-7-8-14-23-20;1-2-4-6-8-7-5-3-1;2-1(3,4)5;/h1-16H;1-2,7-8H,3-6H2;;/q;;-1;/b;2-1-,8-7-;;. The molecule has 2 aromatic heterocycles. The van der Waals surface area contributed by atoms with Crippen molar-refractivity contribution in [3.63, 3.8) is 0 Å². The molecule has 2 heterocycles. The van der Waals surface area contributed by atoms with Crippen molar-refractivity contribution in [2.24, 2.45) is 0 Å². The Kier molecular flexibility index (Phi) is 13.4. The molecule has 0 saturated carbocycles. The summed E-state index contributed by atoms with van der Waals surface area (Å²) in [4.78, 5) is 9.29. The predicted octanol–water partition coefficient (Wildman–Crippen LogP) is 9.45. The molecular weight excluding hydrogens is 578 g/mol. The molecule has 0 spiro atoms. The van der Waals surface area contributed by atoms with E-state index < -0.39 is 7.25 Å². The van der Waals surface area contributed by atoms with Gasteiger partial charge >= 0.3 is 7.25 Å². The summed E-state index contributed by atoms with van der Waals surface area (Å²) in [5.74, 6) is 0. The summed E-state index contributed by atoms with van der Waals surface area (Å²) in [6.45, 7) is 0. The largest absolute Gasteiger partial charge is 0.673 e. The third-order valence-corrected chi connectivity index (χ3v) is 5.26. The van der Waals surface area contributed by atoms with E-state index in [1.165, 1.54) is 31.2 Å². The third-order valence-electron chi connectivity index (χ3n) is 5.26. The molecule has 8 heteroatoms. The molecule has 0 atom stereocenters. The van der Waals surface area contributed by atoms with Gasteiger partial charge in [-0.2, -0.15) is 0 Å². The van der Waals surface area contributed by atoms with E-state index in [4.69, 9.17) is 4.98 Å². The number of hydrogen-bond donors (Lipinski definition) is 0. The molecule has 2 nitrogen and oxygen atoms in total. The molecule has 38 heavy (non-hydrogen) atoms. The minimum absolute atomic E-state index is 0. The van der Waals surface area contributed by atoms with Gasteiger partial charge in [-0.05, 0) is 61.1 Å². The first-order valence-electron chi connectivity index (χ1n) is 12.1. The van der Waals surface area contributed by atoms with Gasteiger partial charge in [-0.15, -0.1) is 0 Å². The fourth-order valence-corrected chi connectivity index (χ4v) is 3.59. The maximum absolute atomic E-state index is 9.75. The van der Waals surface area contributed by atoms with Crippen LogP contribution in [0.5, 0.6) is 0 Å². The summed E-state index contributed by atoms with van der Waals surface area (Å²) in [5, 5.41) is 0. The SMILES string of the molecule is C1=C\CC/C=C\CC/1.F[B-](F)(F)F.[Rh].c1ccc(-c2cc(-c3ccccc3)nc(-c3ccccn3)c2)cc1. The Morgan fingerprint density at radius 2 is 0.947 bits per heavy atom. The number of nitrogens with zero attached hydrogens (tertiary/aromatic N) is 2. The second-order valence-corrected chi connectivity index (χ2v) is 8.17. The first-order chi connectivity index (χ1) is 17.9. The molecule has 4 aromatic rings. The van der Waals surface area contributed by atoms with Gasteiger partial charge in [0.2, 0.25) is 0 Å². The van der Waals surface area contributed by atoms with Gasteiger partial charge in [0.25, 0.3) is 0 Å². The fraction of sp³-hybridized carbons (Fsp3) is 0.133. The average molecular weight is 606 g/mol. The number of aromatic nitrogens is 2. The predicted molar refractivity (Wildman–Crippen MR) is 145 cm³/mol. The van der Waals surface area contributed by atoms with Crippen molar-refractivity contribution in [3.8, 4) is 33.8 Å². The number of hydrogen-bond acceptors (Lipinski definition) is 2. The number of pyridine rings is 2. The first kappa shape index (κ1) is 30.8. The quantitative estimate of drug-likeness (QED) is 0.132. The average Bonchev–Trinajstić information content (AvgIpc) is 2.89. The molecule has 0 bridgehead atoms. The normalized spacial score (nSPS) is 14.1. The van der Waals surface area contributed by atoms with Crippen LogP contribution in [-0.4, -0.2) is 17.2 Å². The molecule has 0 saturated heterocycles. The van der Waals surface area contributed by atoms with E-state index in [1.807, 2.05) is 42.5 Å². The Labute approximate surface area is 234 Å². The minimum atomic E-state index is -6.00. The van der Waals surface area contributed by atoms with E-state index in [1.54, 1.807) is 6.20 Å². The van der Waals surface area contributed by atoms with Crippen LogP contribution in [-0.2, 0) is 19.5 Å². The van der Waals surface area contributed by atoms with Crippen LogP contribution in [0.4, 0.5) is 17.3 Å². The molecular formula is C30H28BF4N2Rh-. The van der Waals surface area contributed by atoms with E-state index in [-0.39, 0.29) is 19.5 Å². The first-order valence-corrected chi connectivity index (χ1v) is 12.1. The van der Waals surface area contributed by atoms with Gasteiger partial charge < -0.3 is 17.3 Å². The zero-order valence-electron chi connectivity index (χ0n) is 20.7. The number of benzene rings is 2. The zero-order valence-corrected chi connectivity index (χ0v) is 22.3. The van der Waals surface area contributed by atoms with Crippen LogP contribution in [0.2, 0.25) is 0 Å². The molecule has 1 aliphatic rings. The summed E-state index contributed by atoms with van der Waals surface area (Å²) in [6.07, 6.45) is 15.8. The topological polar surface area (TPSA) is 25.8 Å². The van der Waals surface area contributed by atoms with Crippen molar-refractivity contribution >= 4 is 7.25 Å². The fourth-order valence-electron chi connectivity index (χ4n) is 3.59. The van der Waals surface area contributed by atoms with Gasteiger partial charge in [0.1, 0.15) is 0 Å². The van der Waals surface area contributed by atoms with Crippen molar-refractivity contribution in [2.45, 2.75) is 25.7 Å². The van der Waals surface area contributed by atoms with E-state index >= 15 is 0 Å². The Hall–Kier alpha value is -3.37. The Balaban J connectivity index is 0.000000301. The zero-order chi connectivity index (χ0) is 26.3. The summed E-state index contributed by atoms with van der Waals surface area (Å²) in [6, 6.07) is 30.8. The van der Waals surface area contributed by atoms with Gasteiger partial charge in [-0.3, -0.25) is 4.98 Å². The maximum Gasteiger partial charge on any atom is 0.673 e. The van der Waals surface area contributed by atoms with E-state index in [9.17, 15) is 17.3 Å². The van der Waals surface area contributed by atoms with Crippen LogP contribution in [0.1, 0.15) is 25.7 Å². The molecule has 1 radical (unpaired) electrons. The maximum atomic E-state index is 9.75. The molecule has 0 N–H and O–H groups in total. The van der Waals surface area contributed by atoms with E-state index in [2.05, 4.69) is 77.8 Å². The Morgan fingerprint density at radius 1 is 0.500 bits per heavy atom. The van der Waals surface area contributed by atoms with Crippen molar-refractivity contribution in [2.75, 3.05) is 0 Å². The van der Waals surface area contributed by atoms with Crippen LogP contribution >= 0.6 is 0 Å². The van der Waals surface area contributed by atoms with Gasteiger partial charge in [-0.25, -0.2) is 4.98 Å². The molecule has 199 valence electrons. The Morgan fingerprint density at radius 3 is 1.42 bits per heavy atom. The number of allylic oxidation sites excluding steroid dienone is 4. The molecule has 5 rings (SSSR count). The molecule has 2 aromatic carbocycles. The third kappa shape index (κ3) is 11.8. The Bertz CT molecular complexity index is 1090. The van der Waals surface area contributed by atoms with Crippen molar-refractivity contribution in [3.05, 3.63) is 121 Å². The van der Waals surface area contributed by atoms with Crippen molar-refractivity contribution < 1.29 is 36.7 Å². The van der Waals surface area contributed by atoms with Crippen LogP contribution in [0.3, 0.4) is 0 Å². The summed E-state index contributed by atoms with van der Waals surface area (Å²) < 4.78 is 39.0. The van der Waals surface area contributed by atoms with Gasteiger partial charge in [0, 0.05) is 31.2 Å². The summed E-state index contributed by atoms with van der Waals surface area (Å²) >= 11 is 0.